The average Bonchev–Trinajstić information content (AvgIpc) is 1.79. The van der Waals surface area contributed by atoms with Crippen molar-refractivity contribution in [3.63, 3.8) is 0 Å². The largest absolute Gasteiger partial charge is 0.524 e. The summed E-state index contributed by atoms with van der Waals surface area (Å²) in [6, 6.07) is 0. The lowest BCUT2D eigenvalue weighted by Crippen LogP contribution is -2.22. The summed E-state index contributed by atoms with van der Waals surface area (Å²) < 4.78 is 42.0. The van der Waals surface area contributed by atoms with Crippen molar-refractivity contribution >= 4 is 6.16 Å². The number of carbonyl (C=O) groups excluding carboxylic acids is 1. The molecule has 0 radical (unpaired) electrons. The highest BCUT2D eigenvalue weighted by Crippen LogP contribution is 2.24. The fourth-order valence-corrected chi connectivity index (χ4v) is 0.346. The van der Waals surface area contributed by atoms with Gasteiger partial charge in [-0.15, -0.1) is 0 Å². The molecule has 1 aliphatic rings. The third kappa shape index (κ3) is 1.04. The van der Waals surface area contributed by atoms with Gasteiger partial charge in [-0.3, -0.25) is 0 Å². The molecule has 1 rings (SSSR count). The first-order valence-corrected chi connectivity index (χ1v) is 2.18. The van der Waals surface area contributed by atoms with Crippen molar-refractivity contribution in [2.45, 2.75) is 6.43 Å². The van der Waals surface area contributed by atoms with Crippen molar-refractivity contribution in [1.29, 1.82) is 0 Å². The van der Waals surface area contributed by atoms with Gasteiger partial charge in [0.25, 0.3) is 6.43 Å². The van der Waals surface area contributed by atoms with E-state index < -0.39 is 24.4 Å². The van der Waals surface area contributed by atoms with Crippen LogP contribution >= 0.6 is 0 Å². The molecule has 0 aromatic heterocycles. The van der Waals surface area contributed by atoms with Crippen LogP contribution in [0, 0.1) is 0 Å². The van der Waals surface area contributed by atoms with Crippen LogP contribution in [0.1, 0.15) is 0 Å². The average molecular weight is 154 g/mol. The molecule has 1 saturated heterocycles. The molecule has 1 aliphatic heterocycles. The van der Waals surface area contributed by atoms with Crippen LogP contribution in [0.2, 0.25) is 0 Å². The van der Waals surface area contributed by atoms with E-state index in [0.717, 1.165) is 0 Å². The molecule has 56 valence electrons. The van der Waals surface area contributed by atoms with Gasteiger partial charge in [-0.25, -0.2) is 13.6 Å². The first-order chi connectivity index (χ1) is 4.61. The zero-order chi connectivity index (χ0) is 7.72. The summed E-state index contributed by atoms with van der Waals surface area (Å²) in [6.45, 7) is 0. The fraction of sp³-hybridized carbons (Fsp3) is 0.250. The Kier molecular flexibility index (Phi) is 1.52. The van der Waals surface area contributed by atoms with Crippen molar-refractivity contribution in [3.05, 3.63) is 11.8 Å². The summed E-state index contributed by atoms with van der Waals surface area (Å²) in [5.74, 6) is -2.90. The molecule has 0 N–H and O–H groups in total. The molecule has 0 spiro atoms. The predicted molar refractivity (Wildman–Crippen MR) is 21.7 cm³/mol. The predicted octanol–water partition coefficient (Wildman–Crippen LogP) is 1.56. The van der Waals surface area contributed by atoms with E-state index in [9.17, 15) is 18.0 Å². The molecule has 0 aromatic rings. The van der Waals surface area contributed by atoms with Gasteiger partial charge < -0.3 is 9.47 Å². The van der Waals surface area contributed by atoms with Crippen LogP contribution in [0.3, 0.4) is 0 Å². The van der Waals surface area contributed by atoms with Crippen LogP contribution in [0.25, 0.3) is 0 Å². The van der Waals surface area contributed by atoms with Crippen LogP contribution in [-0.4, -0.2) is 12.6 Å². The van der Waals surface area contributed by atoms with E-state index in [-0.39, 0.29) is 0 Å². The monoisotopic (exact) mass is 154 g/mol. The van der Waals surface area contributed by atoms with Gasteiger partial charge in [0.2, 0.25) is 5.83 Å². The van der Waals surface area contributed by atoms with Crippen molar-refractivity contribution in [3.8, 4) is 0 Å². The van der Waals surface area contributed by atoms with Gasteiger partial charge in [-0.1, -0.05) is 0 Å². The lowest BCUT2D eigenvalue weighted by atomic mass is 10.6. The minimum Gasteiger partial charge on any atom is -0.357 e. The Labute approximate surface area is 53.0 Å². The molecule has 0 aromatic carbocycles. The number of halogens is 3. The maximum Gasteiger partial charge on any atom is 0.524 e. The minimum absolute atomic E-state index is 1.04. The van der Waals surface area contributed by atoms with Crippen molar-refractivity contribution in [2.24, 2.45) is 0 Å². The van der Waals surface area contributed by atoms with E-state index in [1.54, 1.807) is 0 Å². The van der Waals surface area contributed by atoms with E-state index in [0.29, 0.717) is 0 Å². The quantitative estimate of drug-likeness (QED) is 0.537. The smallest absolute Gasteiger partial charge is 0.357 e. The third-order valence-electron chi connectivity index (χ3n) is 0.739. The molecule has 6 heteroatoms. The Bertz CT molecular complexity index is 188. The summed E-state index contributed by atoms with van der Waals surface area (Å²) in [6.07, 6.45) is -4.48. The Morgan fingerprint density at radius 3 is 2.20 bits per heavy atom. The highest BCUT2D eigenvalue weighted by atomic mass is 19.3. The molecule has 0 aliphatic carbocycles. The number of allylic oxidation sites excluding steroid dienone is 1. The van der Waals surface area contributed by atoms with Gasteiger partial charge in [0.15, 0.2) is 0 Å². The number of hydrogen-bond acceptors (Lipinski definition) is 3. The number of hydrogen-bond donors (Lipinski definition) is 0. The summed E-state index contributed by atoms with van der Waals surface area (Å²) >= 11 is 0. The Hall–Kier alpha value is -1.20. The first-order valence-electron chi connectivity index (χ1n) is 2.18. The molecule has 0 atom stereocenters. The van der Waals surface area contributed by atoms with Crippen LogP contribution in [-0.2, 0) is 9.47 Å². The molecule has 0 bridgehead atoms. The van der Waals surface area contributed by atoms with Gasteiger partial charge in [0.1, 0.15) is 0 Å². The normalized spacial score (nSPS) is 16.0. The SMILES string of the molecule is O=C1OC(=C(F)C(F)F)O1. The van der Waals surface area contributed by atoms with Gasteiger partial charge in [0, 0.05) is 0 Å². The van der Waals surface area contributed by atoms with E-state index in [1.807, 2.05) is 0 Å². The zero-order valence-corrected chi connectivity index (χ0v) is 4.44. The Balaban J connectivity index is 2.61. The Morgan fingerprint density at radius 2 is 1.90 bits per heavy atom. The van der Waals surface area contributed by atoms with Crippen LogP contribution in [0.5, 0.6) is 0 Å². The number of rotatable bonds is 1. The zero-order valence-electron chi connectivity index (χ0n) is 4.44. The highest BCUT2D eigenvalue weighted by Gasteiger charge is 2.33. The number of carbonyl (C=O) groups is 1. The summed E-state index contributed by atoms with van der Waals surface area (Å²) in [5.41, 5.74) is 0. The number of ether oxygens (including phenoxy) is 2. The lowest BCUT2D eigenvalue weighted by molar-refractivity contribution is -0.0403. The molecular weight excluding hydrogens is 153 g/mol. The van der Waals surface area contributed by atoms with Gasteiger partial charge in [-0.2, -0.15) is 4.39 Å². The molecule has 10 heavy (non-hydrogen) atoms. The summed E-state index contributed by atoms with van der Waals surface area (Å²) in [7, 11) is 0. The summed E-state index contributed by atoms with van der Waals surface area (Å²) in [4.78, 5) is 9.75. The Morgan fingerprint density at radius 1 is 1.40 bits per heavy atom. The maximum absolute atomic E-state index is 11.9. The van der Waals surface area contributed by atoms with Crippen molar-refractivity contribution in [2.75, 3.05) is 0 Å². The second kappa shape index (κ2) is 2.20. The van der Waals surface area contributed by atoms with Crippen LogP contribution in [0.4, 0.5) is 18.0 Å². The highest BCUT2D eigenvalue weighted by molar-refractivity contribution is 5.67. The molecule has 0 amide bonds. The molecule has 0 saturated carbocycles. The minimum atomic E-state index is -3.30. The first kappa shape index (κ1) is 6.91. The maximum atomic E-state index is 11.9. The number of alkyl halides is 2. The van der Waals surface area contributed by atoms with E-state index >= 15 is 0 Å². The lowest BCUT2D eigenvalue weighted by Gasteiger charge is -2.15. The standard InChI is InChI=1S/C4HF3O3/c5-1(2(6)7)3-9-4(8)10-3/h2H. The summed E-state index contributed by atoms with van der Waals surface area (Å²) in [5, 5.41) is 0. The molecule has 0 unspecified atom stereocenters. The van der Waals surface area contributed by atoms with Gasteiger partial charge >= 0.3 is 12.1 Å². The number of cyclic esters (lactones) is 2. The topological polar surface area (TPSA) is 35.5 Å². The van der Waals surface area contributed by atoms with Crippen LogP contribution < -0.4 is 0 Å². The van der Waals surface area contributed by atoms with Gasteiger partial charge in [-0.05, 0) is 0 Å². The molecule has 1 fully saturated rings. The third-order valence-corrected chi connectivity index (χ3v) is 0.739. The molecular formula is C4HF3O3. The van der Waals surface area contributed by atoms with Crippen LogP contribution in [0.15, 0.2) is 11.8 Å². The van der Waals surface area contributed by atoms with E-state index in [2.05, 4.69) is 9.47 Å². The van der Waals surface area contributed by atoms with E-state index in [1.165, 1.54) is 0 Å². The second-order valence-corrected chi connectivity index (χ2v) is 1.39. The fourth-order valence-electron chi connectivity index (χ4n) is 0.346. The second-order valence-electron chi connectivity index (χ2n) is 1.39. The van der Waals surface area contributed by atoms with Gasteiger partial charge in [0.05, 0.1) is 0 Å². The van der Waals surface area contributed by atoms with Crippen molar-refractivity contribution < 1.29 is 27.4 Å². The molecule has 1 heterocycles. The van der Waals surface area contributed by atoms with E-state index in [4.69, 9.17) is 0 Å². The van der Waals surface area contributed by atoms with Crippen molar-refractivity contribution in [1.82, 2.24) is 0 Å². The molecule has 3 nitrogen and oxygen atoms in total.